The summed E-state index contributed by atoms with van der Waals surface area (Å²) < 4.78 is 1.20. The molecule has 19 heavy (non-hydrogen) atoms. The van der Waals surface area contributed by atoms with Gasteiger partial charge >= 0.3 is 5.97 Å². The van der Waals surface area contributed by atoms with Crippen LogP contribution in [-0.4, -0.2) is 53.6 Å². The third-order valence-electron chi connectivity index (χ3n) is 3.17. The number of nitrogens with zero attached hydrogens (tertiary/aromatic N) is 2. The molecule has 1 fully saturated rings. The Morgan fingerprint density at radius 2 is 1.95 bits per heavy atom. The summed E-state index contributed by atoms with van der Waals surface area (Å²) in [7, 11) is 0. The molecule has 108 valence electrons. The summed E-state index contributed by atoms with van der Waals surface area (Å²) in [6, 6.07) is 2.09. The standard InChI is InChI=1S/C12H17BrN2O2S.ClH/c13-10-2-8-18-11(10)9-15-6-4-14(5-7-15)3-1-12(16)17;/h2,8H,1,3-7,9H2,(H,16,17);1H. The van der Waals surface area contributed by atoms with Gasteiger partial charge in [0.15, 0.2) is 0 Å². The first-order chi connectivity index (χ1) is 8.65. The highest BCUT2D eigenvalue weighted by Crippen LogP contribution is 2.24. The fraction of sp³-hybridized carbons (Fsp3) is 0.583. The molecule has 1 N–H and O–H groups in total. The van der Waals surface area contributed by atoms with E-state index in [0.717, 1.165) is 32.7 Å². The lowest BCUT2D eigenvalue weighted by Crippen LogP contribution is -2.46. The summed E-state index contributed by atoms with van der Waals surface area (Å²) in [6.45, 7) is 5.64. The molecular weight excluding hydrogens is 352 g/mol. The highest BCUT2D eigenvalue weighted by atomic mass is 79.9. The van der Waals surface area contributed by atoms with E-state index in [1.165, 1.54) is 9.35 Å². The predicted octanol–water partition coefficient (Wildman–Crippen LogP) is 2.52. The molecule has 7 heteroatoms. The summed E-state index contributed by atoms with van der Waals surface area (Å²) in [4.78, 5) is 16.5. The van der Waals surface area contributed by atoms with Crippen LogP contribution in [0.4, 0.5) is 0 Å². The van der Waals surface area contributed by atoms with Crippen LogP contribution in [0, 0.1) is 0 Å². The Bertz CT molecular complexity index is 408. The van der Waals surface area contributed by atoms with E-state index < -0.39 is 5.97 Å². The number of aliphatic carboxylic acids is 1. The van der Waals surface area contributed by atoms with E-state index in [1.807, 2.05) is 0 Å². The third-order valence-corrected chi connectivity index (χ3v) is 5.08. The molecule has 0 radical (unpaired) electrons. The van der Waals surface area contributed by atoms with Crippen LogP contribution in [0.5, 0.6) is 0 Å². The second kappa shape index (κ2) is 8.21. The van der Waals surface area contributed by atoms with Crippen LogP contribution >= 0.6 is 39.7 Å². The maximum Gasteiger partial charge on any atom is 0.304 e. The van der Waals surface area contributed by atoms with Crippen LogP contribution < -0.4 is 0 Å². The SMILES string of the molecule is Cl.O=C(O)CCN1CCN(Cc2sccc2Br)CC1. The van der Waals surface area contributed by atoms with Crippen molar-refractivity contribution in [3.8, 4) is 0 Å². The average molecular weight is 370 g/mol. The smallest absolute Gasteiger partial charge is 0.304 e. The van der Waals surface area contributed by atoms with Gasteiger partial charge in [-0.05, 0) is 27.4 Å². The molecule has 0 aliphatic carbocycles. The van der Waals surface area contributed by atoms with Crippen LogP contribution in [0.1, 0.15) is 11.3 Å². The lowest BCUT2D eigenvalue weighted by molar-refractivity contribution is -0.137. The first-order valence-electron chi connectivity index (χ1n) is 6.03. The highest BCUT2D eigenvalue weighted by Gasteiger charge is 2.18. The van der Waals surface area contributed by atoms with E-state index in [-0.39, 0.29) is 18.8 Å². The number of carboxylic acids is 1. The van der Waals surface area contributed by atoms with Gasteiger partial charge in [-0.15, -0.1) is 23.7 Å². The van der Waals surface area contributed by atoms with E-state index in [0.29, 0.717) is 6.54 Å². The van der Waals surface area contributed by atoms with Crippen LogP contribution in [-0.2, 0) is 11.3 Å². The van der Waals surface area contributed by atoms with E-state index in [2.05, 4.69) is 37.2 Å². The zero-order valence-corrected chi connectivity index (χ0v) is 13.8. The first kappa shape index (κ1) is 16.9. The number of halogens is 2. The molecular formula is C12H18BrClN2O2S. The van der Waals surface area contributed by atoms with Crippen molar-refractivity contribution in [2.75, 3.05) is 32.7 Å². The van der Waals surface area contributed by atoms with E-state index >= 15 is 0 Å². The topological polar surface area (TPSA) is 43.8 Å². The third kappa shape index (κ3) is 5.39. The van der Waals surface area contributed by atoms with Crippen molar-refractivity contribution < 1.29 is 9.90 Å². The Hall–Kier alpha value is -0.140. The van der Waals surface area contributed by atoms with Crippen molar-refractivity contribution in [1.82, 2.24) is 9.80 Å². The molecule has 0 unspecified atom stereocenters. The van der Waals surface area contributed by atoms with Crippen LogP contribution in [0.25, 0.3) is 0 Å². The Morgan fingerprint density at radius 3 is 2.47 bits per heavy atom. The molecule has 1 aliphatic heterocycles. The Morgan fingerprint density at radius 1 is 1.32 bits per heavy atom. The second-order valence-electron chi connectivity index (χ2n) is 4.45. The molecule has 1 aromatic heterocycles. The van der Waals surface area contributed by atoms with Gasteiger partial charge in [-0.2, -0.15) is 0 Å². The minimum Gasteiger partial charge on any atom is -0.481 e. The average Bonchev–Trinajstić information content (AvgIpc) is 2.74. The van der Waals surface area contributed by atoms with Crippen molar-refractivity contribution in [2.45, 2.75) is 13.0 Å². The Labute approximate surface area is 131 Å². The molecule has 1 saturated heterocycles. The quantitative estimate of drug-likeness (QED) is 0.866. The van der Waals surface area contributed by atoms with Gasteiger partial charge in [0.2, 0.25) is 0 Å². The van der Waals surface area contributed by atoms with Crippen molar-refractivity contribution in [3.05, 3.63) is 20.8 Å². The minimum atomic E-state index is -0.708. The molecule has 0 saturated carbocycles. The Kier molecular flexibility index (Phi) is 7.31. The monoisotopic (exact) mass is 368 g/mol. The Balaban J connectivity index is 0.00000180. The molecule has 1 aliphatic rings. The van der Waals surface area contributed by atoms with Gasteiger partial charge in [0.25, 0.3) is 0 Å². The summed E-state index contributed by atoms with van der Waals surface area (Å²) in [5.41, 5.74) is 0. The van der Waals surface area contributed by atoms with E-state index in [1.54, 1.807) is 11.3 Å². The van der Waals surface area contributed by atoms with Gasteiger partial charge in [0.05, 0.1) is 6.42 Å². The summed E-state index contributed by atoms with van der Waals surface area (Å²) in [6.07, 6.45) is 0.247. The lowest BCUT2D eigenvalue weighted by Gasteiger charge is -2.34. The molecule has 1 aromatic rings. The van der Waals surface area contributed by atoms with Crippen LogP contribution in [0.15, 0.2) is 15.9 Å². The van der Waals surface area contributed by atoms with Gasteiger partial charge in [-0.25, -0.2) is 0 Å². The zero-order valence-electron chi connectivity index (χ0n) is 10.5. The number of carbonyl (C=O) groups is 1. The molecule has 0 atom stereocenters. The fourth-order valence-electron chi connectivity index (χ4n) is 2.07. The lowest BCUT2D eigenvalue weighted by atomic mass is 10.3. The number of carboxylic acid groups (broad SMARTS) is 1. The van der Waals surface area contributed by atoms with Gasteiger partial charge in [-0.3, -0.25) is 9.69 Å². The second-order valence-corrected chi connectivity index (χ2v) is 6.31. The number of thiophene rings is 1. The van der Waals surface area contributed by atoms with Crippen molar-refractivity contribution in [2.24, 2.45) is 0 Å². The van der Waals surface area contributed by atoms with Crippen molar-refractivity contribution >= 4 is 45.6 Å². The maximum atomic E-state index is 10.5. The largest absolute Gasteiger partial charge is 0.481 e. The molecule has 0 spiro atoms. The first-order valence-corrected chi connectivity index (χ1v) is 7.71. The van der Waals surface area contributed by atoms with Gasteiger partial charge in [0.1, 0.15) is 0 Å². The number of rotatable bonds is 5. The number of hydrogen-bond acceptors (Lipinski definition) is 4. The minimum absolute atomic E-state index is 0. The number of hydrogen-bond donors (Lipinski definition) is 1. The van der Waals surface area contributed by atoms with Crippen molar-refractivity contribution in [3.63, 3.8) is 0 Å². The normalized spacial score (nSPS) is 17.1. The van der Waals surface area contributed by atoms with E-state index in [4.69, 9.17) is 5.11 Å². The summed E-state index contributed by atoms with van der Waals surface area (Å²) in [5, 5.41) is 10.8. The summed E-state index contributed by atoms with van der Waals surface area (Å²) in [5.74, 6) is -0.708. The van der Waals surface area contributed by atoms with Crippen LogP contribution in [0.3, 0.4) is 0 Å². The van der Waals surface area contributed by atoms with Crippen LogP contribution in [0.2, 0.25) is 0 Å². The van der Waals surface area contributed by atoms with E-state index in [9.17, 15) is 4.79 Å². The highest BCUT2D eigenvalue weighted by molar-refractivity contribution is 9.10. The molecule has 2 heterocycles. The fourth-order valence-corrected chi connectivity index (χ4v) is 3.58. The molecule has 0 aromatic carbocycles. The zero-order chi connectivity index (χ0) is 13.0. The predicted molar refractivity (Wildman–Crippen MR) is 83.2 cm³/mol. The van der Waals surface area contributed by atoms with Gasteiger partial charge < -0.3 is 10.0 Å². The maximum absolute atomic E-state index is 10.5. The molecule has 0 bridgehead atoms. The number of piperazine rings is 1. The molecule has 2 rings (SSSR count). The van der Waals surface area contributed by atoms with Gasteiger partial charge in [-0.1, -0.05) is 0 Å². The molecule has 0 amide bonds. The van der Waals surface area contributed by atoms with Gasteiger partial charge in [0, 0.05) is 48.6 Å². The molecule has 4 nitrogen and oxygen atoms in total. The summed E-state index contributed by atoms with van der Waals surface area (Å²) >= 11 is 5.33. The van der Waals surface area contributed by atoms with Crippen molar-refractivity contribution in [1.29, 1.82) is 0 Å².